The predicted octanol–water partition coefficient (Wildman–Crippen LogP) is 6.27. The van der Waals surface area contributed by atoms with Gasteiger partial charge in [0.1, 0.15) is 5.65 Å². The maximum absolute atomic E-state index is 14.3. The molecule has 0 unspecified atom stereocenters. The summed E-state index contributed by atoms with van der Waals surface area (Å²) in [5.41, 5.74) is 4.87. The van der Waals surface area contributed by atoms with E-state index in [2.05, 4.69) is 4.90 Å². The molecule has 1 fully saturated rings. The second kappa shape index (κ2) is 8.86. The van der Waals surface area contributed by atoms with E-state index in [-0.39, 0.29) is 5.56 Å². The molecule has 0 amide bonds. The van der Waals surface area contributed by atoms with E-state index in [1.807, 2.05) is 47.0 Å². The summed E-state index contributed by atoms with van der Waals surface area (Å²) in [6.07, 6.45) is 1.92. The molecule has 170 valence electrons. The van der Waals surface area contributed by atoms with E-state index in [9.17, 15) is 8.78 Å². The van der Waals surface area contributed by atoms with Crippen molar-refractivity contribution < 1.29 is 13.5 Å². The number of fused-ring (bicyclic) bond motifs is 1. The Morgan fingerprint density at radius 3 is 2.39 bits per heavy atom. The minimum Gasteiger partial charge on any atom is -0.379 e. The maximum Gasteiger partial charge on any atom is 0.271 e. The summed E-state index contributed by atoms with van der Waals surface area (Å²) in [6, 6.07) is 18.0. The quantitative estimate of drug-likeness (QED) is 0.346. The first-order valence-electron chi connectivity index (χ1n) is 10.9. The molecule has 2 aromatic carbocycles. The van der Waals surface area contributed by atoms with Gasteiger partial charge in [-0.2, -0.15) is 0 Å². The van der Waals surface area contributed by atoms with Crippen LogP contribution in [0, 0.1) is 0 Å². The van der Waals surface area contributed by atoms with Crippen LogP contribution in [0.2, 0.25) is 5.02 Å². The molecule has 0 spiro atoms. The van der Waals surface area contributed by atoms with Crippen molar-refractivity contribution in [2.45, 2.75) is 19.4 Å². The van der Waals surface area contributed by atoms with Crippen LogP contribution in [0.25, 0.3) is 28.0 Å². The number of imidazole rings is 1. The van der Waals surface area contributed by atoms with Crippen molar-refractivity contribution in [1.29, 1.82) is 0 Å². The van der Waals surface area contributed by atoms with Crippen molar-refractivity contribution in [3.05, 3.63) is 83.1 Å². The SMILES string of the molecule is CC(F)(F)c1ccccc1-c1ccc2nc(-c3ccc(Cl)cc3)c(CN3CCOCC3)n2c1. The van der Waals surface area contributed by atoms with Gasteiger partial charge in [-0.1, -0.05) is 48.0 Å². The van der Waals surface area contributed by atoms with Gasteiger partial charge >= 0.3 is 0 Å². The Labute approximate surface area is 196 Å². The predicted molar refractivity (Wildman–Crippen MR) is 127 cm³/mol. The number of pyridine rings is 1. The molecule has 3 heterocycles. The fourth-order valence-corrected chi connectivity index (χ4v) is 4.46. The average molecular weight is 468 g/mol. The van der Waals surface area contributed by atoms with Gasteiger partial charge in [-0.05, 0) is 35.4 Å². The summed E-state index contributed by atoms with van der Waals surface area (Å²) in [5.74, 6) is -2.94. The highest BCUT2D eigenvalue weighted by Gasteiger charge is 2.28. The molecule has 0 atom stereocenters. The van der Waals surface area contributed by atoms with E-state index in [1.165, 1.54) is 6.07 Å². The molecule has 7 heteroatoms. The zero-order valence-electron chi connectivity index (χ0n) is 18.3. The molecule has 4 nitrogen and oxygen atoms in total. The van der Waals surface area contributed by atoms with Gasteiger partial charge in [-0.3, -0.25) is 4.90 Å². The second-order valence-corrected chi connectivity index (χ2v) is 8.82. The lowest BCUT2D eigenvalue weighted by Crippen LogP contribution is -2.36. The standard InChI is InChI=1S/C26H24ClF2N3O/c1-26(28,29)22-5-3-2-4-21(22)19-8-11-24-30-25(18-6-9-20(27)10-7-18)23(32(24)16-19)17-31-12-14-33-15-13-31/h2-11,16H,12-15,17H2,1H3. The Bertz CT molecular complexity index is 1280. The van der Waals surface area contributed by atoms with Gasteiger partial charge in [-0.15, -0.1) is 0 Å². The highest BCUT2D eigenvalue weighted by Crippen LogP contribution is 2.36. The number of hydrogen-bond donors (Lipinski definition) is 0. The zero-order chi connectivity index (χ0) is 23.0. The number of alkyl halides is 2. The normalized spacial score (nSPS) is 15.3. The fraction of sp³-hybridized carbons (Fsp3) is 0.269. The van der Waals surface area contributed by atoms with Crippen LogP contribution in [0.5, 0.6) is 0 Å². The van der Waals surface area contributed by atoms with Crippen LogP contribution >= 0.6 is 11.6 Å². The number of hydrogen-bond acceptors (Lipinski definition) is 3. The first kappa shape index (κ1) is 22.0. The number of ether oxygens (including phenoxy) is 1. The summed E-state index contributed by atoms with van der Waals surface area (Å²) in [6.45, 7) is 4.66. The van der Waals surface area contributed by atoms with E-state index in [1.54, 1.807) is 18.2 Å². The van der Waals surface area contributed by atoms with Crippen LogP contribution in [0.1, 0.15) is 18.2 Å². The third-order valence-electron chi connectivity index (χ3n) is 6.02. The van der Waals surface area contributed by atoms with Crippen molar-refractivity contribution in [2.75, 3.05) is 26.3 Å². The number of halogens is 3. The van der Waals surface area contributed by atoms with Crippen molar-refractivity contribution in [3.8, 4) is 22.4 Å². The van der Waals surface area contributed by atoms with E-state index >= 15 is 0 Å². The lowest BCUT2D eigenvalue weighted by atomic mass is 9.97. The molecule has 4 aromatic rings. The lowest BCUT2D eigenvalue weighted by molar-refractivity contribution is 0.0181. The minimum atomic E-state index is -2.94. The van der Waals surface area contributed by atoms with Crippen molar-refractivity contribution >= 4 is 17.2 Å². The van der Waals surface area contributed by atoms with Gasteiger partial charge in [0.2, 0.25) is 0 Å². The van der Waals surface area contributed by atoms with Gasteiger partial charge in [0.25, 0.3) is 5.92 Å². The Morgan fingerprint density at radius 2 is 1.67 bits per heavy atom. The molecule has 0 saturated carbocycles. The van der Waals surface area contributed by atoms with Crippen LogP contribution in [-0.4, -0.2) is 40.6 Å². The number of aromatic nitrogens is 2. The molecule has 0 bridgehead atoms. The summed E-state index contributed by atoms with van der Waals surface area (Å²) in [7, 11) is 0. The van der Waals surface area contributed by atoms with Gasteiger partial charge in [0, 0.05) is 48.9 Å². The third kappa shape index (κ3) is 4.51. The fourth-order valence-electron chi connectivity index (χ4n) is 4.33. The molecule has 0 radical (unpaired) electrons. The van der Waals surface area contributed by atoms with Crippen LogP contribution in [-0.2, 0) is 17.2 Å². The van der Waals surface area contributed by atoms with Crippen molar-refractivity contribution in [1.82, 2.24) is 14.3 Å². The van der Waals surface area contributed by atoms with Crippen molar-refractivity contribution in [3.63, 3.8) is 0 Å². The molecule has 5 rings (SSSR count). The number of morpholine rings is 1. The monoisotopic (exact) mass is 467 g/mol. The Balaban J connectivity index is 1.66. The van der Waals surface area contributed by atoms with Gasteiger partial charge in [0.05, 0.1) is 24.6 Å². The van der Waals surface area contributed by atoms with Crippen LogP contribution in [0.4, 0.5) is 8.78 Å². The zero-order valence-corrected chi connectivity index (χ0v) is 19.0. The minimum absolute atomic E-state index is 0.0112. The largest absolute Gasteiger partial charge is 0.379 e. The Kier molecular flexibility index (Phi) is 5.91. The third-order valence-corrected chi connectivity index (χ3v) is 6.28. The lowest BCUT2D eigenvalue weighted by Gasteiger charge is -2.26. The topological polar surface area (TPSA) is 29.8 Å². The van der Waals surface area contributed by atoms with Gasteiger partial charge in [-0.25, -0.2) is 13.8 Å². The van der Waals surface area contributed by atoms with E-state index in [4.69, 9.17) is 21.3 Å². The van der Waals surface area contributed by atoms with Crippen LogP contribution < -0.4 is 0 Å². The number of rotatable bonds is 5. The molecule has 0 aliphatic carbocycles. The highest BCUT2D eigenvalue weighted by molar-refractivity contribution is 6.30. The van der Waals surface area contributed by atoms with Gasteiger partial charge < -0.3 is 9.14 Å². The molecule has 2 aromatic heterocycles. The molecule has 1 saturated heterocycles. The maximum atomic E-state index is 14.3. The molecule has 0 N–H and O–H groups in total. The highest BCUT2D eigenvalue weighted by atomic mass is 35.5. The molecular weight excluding hydrogens is 444 g/mol. The summed E-state index contributed by atoms with van der Waals surface area (Å²) < 4.78 is 36.2. The van der Waals surface area contributed by atoms with E-state index in [0.717, 1.165) is 48.2 Å². The average Bonchev–Trinajstić information content (AvgIpc) is 3.17. The summed E-state index contributed by atoms with van der Waals surface area (Å²) >= 11 is 6.10. The number of benzene rings is 2. The summed E-state index contributed by atoms with van der Waals surface area (Å²) in [4.78, 5) is 7.22. The molecule has 1 aliphatic heterocycles. The summed E-state index contributed by atoms with van der Waals surface area (Å²) in [5, 5.41) is 0.664. The second-order valence-electron chi connectivity index (χ2n) is 8.38. The molecular formula is C26H24ClF2N3O. The Hall–Kier alpha value is -2.80. The van der Waals surface area contributed by atoms with E-state index < -0.39 is 5.92 Å². The molecule has 33 heavy (non-hydrogen) atoms. The molecule has 1 aliphatic rings. The first-order valence-corrected chi connectivity index (χ1v) is 11.3. The van der Waals surface area contributed by atoms with Crippen molar-refractivity contribution in [2.24, 2.45) is 0 Å². The Morgan fingerprint density at radius 1 is 0.970 bits per heavy atom. The smallest absolute Gasteiger partial charge is 0.271 e. The van der Waals surface area contributed by atoms with E-state index in [0.29, 0.717) is 30.3 Å². The first-order chi connectivity index (χ1) is 15.9. The van der Waals surface area contributed by atoms with Crippen LogP contribution in [0.15, 0.2) is 66.9 Å². The number of nitrogens with zero attached hydrogens (tertiary/aromatic N) is 3. The van der Waals surface area contributed by atoms with Gasteiger partial charge in [0.15, 0.2) is 0 Å². The van der Waals surface area contributed by atoms with Crippen LogP contribution in [0.3, 0.4) is 0 Å².